The highest BCUT2D eigenvalue weighted by Gasteiger charge is 2.17. The van der Waals surface area contributed by atoms with Gasteiger partial charge in [0.05, 0.1) is 17.8 Å². The van der Waals surface area contributed by atoms with Gasteiger partial charge in [-0.1, -0.05) is 23.2 Å². The molecule has 2 N–H and O–H groups in total. The predicted molar refractivity (Wildman–Crippen MR) is 97.8 cm³/mol. The molecule has 0 aromatic heterocycles. The third-order valence-corrected chi connectivity index (χ3v) is 3.91. The topological polar surface area (TPSA) is 59.6 Å². The highest BCUT2D eigenvalue weighted by Crippen LogP contribution is 2.32. The van der Waals surface area contributed by atoms with Crippen LogP contribution in [0.15, 0.2) is 36.4 Å². The van der Waals surface area contributed by atoms with Gasteiger partial charge in [0, 0.05) is 16.8 Å². The summed E-state index contributed by atoms with van der Waals surface area (Å²) in [4.78, 5) is 12.3. The van der Waals surface area contributed by atoms with E-state index >= 15 is 0 Å². The van der Waals surface area contributed by atoms with Crippen LogP contribution >= 0.6 is 23.2 Å². The van der Waals surface area contributed by atoms with E-state index in [2.05, 4.69) is 15.4 Å². The Kier molecular flexibility index (Phi) is 6.88. The molecule has 0 radical (unpaired) electrons. The zero-order valence-electron chi connectivity index (χ0n) is 13.9. The summed E-state index contributed by atoms with van der Waals surface area (Å²) in [5.41, 5.74) is 0.774. The van der Waals surface area contributed by atoms with Crippen LogP contribution in [0.25, 0.3) is 0 Å². The molecular weight excluding hydrogens is 389 g/mol. The van der Waals surface area contributed by atoms with Crippen molar-refractivity contribution in [2.75, 3.05) is 17.7 Å². The number of amides is 1. The summed E-state index contributed by atoms with van der Waals surface area (Å²) >= 11 is 11.9. The molecule has 0 fully saturated rings. The van der Waals surface area contributed by atoms with Gasteiger partial charge in [0.15, 0.2) is 11.5 Å². The van der Waals surface area contributed by atoms with Crippen LogP contribution in [-0.4, -0.2) is 25.7 Å². The molecule has 0 aliphatic heterocycles. The van der Waals surface area contributed by atoms with E-state index in [9.17, 15) is 13.6 Å². The molecule has 0 saturated carbocycles. The van der Waals surface area contributed by atoms with Crippen molar-refractivity contribution in [3.8, 4) is 11.5 Å². The fourth-order valence-corrected chi connectivity index (χ4v) is 2.44. The Bertz CT molecular complexity index is 791. The Morgan fingerprint density at radius 3 is 2.50 bits per heavy atom. The second kappa shape index (κ2) is 8.91. The van der Waals surface area contributed by atoms with E-state index in [1.165, 1.54) is 25.3 Å². The first-order valence-electron chi connectivity index (χ1n) is 7.45. The van der Waals surface area contributed by atoms with Gasteiger partial charge in [-0.05, 0) is 37.3 Å². The number of ether oxygens (including phenoxy) is 2. The molecule has 0 unspecified atom stereocenters. The number of carbonyl (C=O) groups is 1. The molecular formula is C17H16Cl2F2N2O3. The average Bonchev–Trinajstić information content (AvgIpc) is 2.57. The van der Waals surface area contributed by atoms with Crippen molar-refractivity contribution in [2.45, 2.75) is 19.6 Å². The van der Waals surface area contributed by atoms with Gasteiger partial charge in [-0.3, -0.25) is 4.79 Å². The predicted octanol–water partition coefficient (Wildman–Crippen LogP) is 5.04. The van der Waals surface area contributed by atoms with Crippen LogP contribution in [0, 0.1) is 0 Å². The molecule has 2 rings (SSSR count). The number of rotatable bonds is 7. The number of halogens is 4. The van der Waals surface area contributed by atoms with Crippen LogP contribution in [0.5, 0.6) is 11.5 Å². The minimum atomic E-state index is -3.00. The van der Waals surface area contributed by atoms with E-state index in [0.717, 1.165) is 0 Å². The quantitative estimate of drug-likeness (QED) is 0.678. The van der Waals surface area contributed by atoms with Crippen LogP contribution in [0.3, 0.4) is 0 Å². The summed E-state index contributed by atoms with van der Waals surface area (Å²) in [7, 11) is 1.34. The molecule has 1 amide bonds. The highest BCUT2D eigenvalue weighted by atomic mass is 35.5. The zero-order valence-corrected chi connectivity index (χ0v) is 15.4. The van der Waals surface area contributed by atoms with Crippen LogP contribution in [0.2, 0.25) is 10.0 Å². The number of benzene rings is 2. The monoisotopic (exact) mass is 404 g/mol. The van der Waals surface area contributed by atoms with E-state index in [1.807, 2.05) is 0 Å². The number of hydrogen-bond acceptors (Lipinski definition) is 4. The first-order valence-corrected chi connectivity index (χ1v) is 8.21. The number of methoxy groups -OCH3 is 1. The molecule has 0 bridgehead atoms. The molecule has 140 valence electrons. The van der Waals surface area contributed by atoms with Crippen molar-refractivity contribution in [2.24, 2.45) is 0 Å². The molecule has 1 atom stereocenters. The minimum Gasteiger partial charge on any atom is -0.493 e. The average molecular weight is 405 g/mol. The van der Waals surface area contributed by atoms with Crippen LogP contribution in [0.4, 0.5) is 20.2 Å². The smallest absolute Gasteiger partial charge is 0.387 e. The number of nitrogens with one attached hydrogen (secondary N) is 2. The lowest BCUT2D eigenvalue weighted by molar-refractivity contribution is -0.116. The number of hydrogen-bond donors (Lipinski definition) is 2. The molecule has 5 nitrogen and oxygen atoms in total. The lowest BCUT2D eigenvalue weighted by atomic mass is 10.2. The van der Waals surface area contributed by atoms with Crippen LogP contribution in [-0.2, 0) is 4.79 Å². The Balaban J connectivity index is 2.09. The third-order valence-electron chi connectivity index (χ3n) is 3.34. The maximum atomic E-state index is 12.5. The molecule has 0 aliphatic rings. The molecule has 0 aliphatic carbocycles. The molecule has 2 aromatic carbocycles. The van der Waals surface area contributed by atoms with Crippen molar-refractivity contribution in [1.29, 1.82) is 0 Å². The number of alkyl halides is 2. The summed E-state index contributed by atoms with van der Waals surface area (Å²) < 4.78 is 34.3. The summed E-state index contributed by atoms with van der Waals surface area (Å²) in [5, 5.41) is 6.30. The van der Waals surface area contributed by atoms with Gasteiger partial charge < -0.3 is 20.1 Å². The first-order chi connectivity index (χ1) is 12.3. The van der Waals surface area contributed by atoms with E-state index in [-0.39, 0.29) is 17.4 Å². The maximum Gasteiger partial charge on any atom is 0.387 e. The van der Waals surface area contributed by atoms with Crippen molar-refractivity contribution >= 4 is 40.5 Å². The lowest BCUT2D eigenvalue weighted by Crippen LogP contribution is -2.32. The Labute approximate surface area is 159 Å². The molecule has 0 spiro atoms. The first kappa shape index (κ1) is 20.1. The second-order valence-electron chi connectivity index (χ2n) is 5.22. The van der Waals surface area contributed by atoms with E-state index < -0.39 is 12.7 Å². The Morgan fingerprint density at radius 2 is 1.85 bits per heavy atom. The van der Waals surface area contributed by atoms with Crippen LogP contribution in [0.1, 0.15) is 6.92 Å². The highest BCUT2D eigenvalue weighted by molar-refractivity contribution is 6.35. The fourth-order valence-electron chi connectivity index (χ4n) is 2.10. The van der Waals surface area contributed by atoms with Gasteiger partial charge in [-0.25, -0.2) is 0 Å². The lowest BCUT2D eigenvalue weighted by Gasteiger charge is -2.17. The molecule has 2 aromatic rings. The second-order valence-corrected chi connectivity index (χ2v) is 6.07. The van der Waals surface area contributed by atoms with Gasteiger partial charge in [0.1, 0.15) is 6.04 Å². The van der Waals surface area contributed by atoms with Gasteiger partial charge >= 0.3 is 6.61 Å². The van der Waals surface area contributed by atoms with Gasteiger partial charge in [-0.15, -0.1) is 0 Å². The summed E-state index contributed by atoms with van der Waals surface area (Å²) in [6.07, 6.45) is 0. The number of anilines is 2. The van der Waals surface area contributed by atoms with Crippen LogP contribution < -0.4 is 20.1 Å². The Hall–Kier alpha value is -2.25. The molecule has 0 saturated heterocycles. The fraction of sp³-hybridized carbons (Fsp3) is 0.235. The standard InChI is InChI=1S/C17H16Cl2F2N2O3/c1-9(16(24)23-13-7-10(18)3-5-12(13)19)22-11-4-6-14(25-2)15(8-11)26-17(20)21/h3-9,17,22H,1-2H3,(H,23,24)/t9-/m1/s1. The summed E-state index contributed by atoms with van der Waals surface area (Å²) in [6.45, 7) is -1.39. The van der Waals surface area contributed by atoms with E-state index in [0.29, 0.717) is 21.4 Å². The van der Waals surface area contributed by atoms with Crippen molar-refractivity contribution in [3.63, 3.8) is 0 Å². The maximum absolute atomic E-state index is 12.5. The van der Waals surface area contributed by atoms with Gasteiger partial charge in [0.25, 0.3) is 0 Å². The molecule has 26 heavy (non-hydrogen) atoms. The van der Waals surface area contributed by atoms with Gasteiger partial charge in [-0.2, -0.15) is 8.78 Å². The van der Waals surface area contributed by atoms with Crippen molar-refractivity contribution < 1.29 is 23.0 Å². The van der Waals surface area contributed by atoms with E-state index in [1.54, 1.807) is 25.1 Å². The Morgan fingerprint density at radius 1 is 1.12 bits per heavy atom. The summed E-state index contributed by atoms with van der Waals surface area (Å²) in [6, 6.07) is 8.35. The number of carbonyl (C=O) groups excluding carboxylic acids is 1. The zero-order chi connectivity index (χ0) is 19.3. The van der Waals surface area contributed by atoms with Gasteiger partial charge in [0.2, 0.25) is 5.91 Å². The molecule has 9 heteroatoms. The van der Waals surface area contributed by atoms with Crippen molar-refractivity contribution in [1.82, 2.24) is 0 Å². The minimum absolute atomic E-state index is 0.141. The molecule has 0 heterocycles. The third kappa shape index (κ3) is 5.37. The summed E-state index contributed by atoms with van der Waals surface area (Å²) in [5.74, 6) is -0.377. The SMILES string of the molecule is COc1ccc(N[C@H](C)C(=O)Nc2cc(Cl)ccc2Cl)cc1OC(F)F. The normalized spacial score (nSPS) is 11.8. The van der Waals surface area contributed by atoms with Crippen molar-refractivity contribution in [3.05, 3.63) is 46.4 Å². The van der Waals surface area contributed by atoms with E-state index in [4.69, 9.17) is 27.9 Å². The largest absolute Gasteiger partial charge is 0.493 e.